The first kappa shape index (κ1) is 16.5. The van der Waals surface area contributed by atoms with E-state index in [2.05, 4.69) is 18.8 Å². The van der Waals surface area contributed by atoms with Crippen LogP contribution in [0.3, 0.4) is 0 Å². The lowest BCUT2D eigenvalue weighted by Crippen LogP contribution is -2.03. The third-order valence-electron chi connectivity index (χ3n) is 2.48. The minimum atomic E-state index is -4.01. The van der Waals surface area contributed by atoms with E-state index < -0.39 is 10.1 Å². The molecule has 0 radical (unpaired) electrons. The predicted octanol–water partition coefficient (Wildman–Crippen LogP) is 3.07. The van der Waals surface area contributed by atoms with Gasteiger partial charge < -0.3 is 4.55 Å². The molecule has 0 rings (SSSR count). The van der Waals surface area contributed by atoms with Crippen molar-refractivity contribution in [2.75, 3.05) is 5.75 Å². The van der Waals surface area contributed by atoms with Crippen LogP contribution in [0.1, 0.15) is 64.7 Å². The van der Waals surface area contributed by atoms with Crippen molar-refractivity contribution >= 4 is 10.1 Å². The van der Waals surface area contributed by atoms with E-state index in [-0.39, 0.29) is 5.75 Å². The molecule has 3 nitrogen and oxygen atoms in total. The van der Waals surface area contributed by atoms with Gasteiger partial charge in [-0.15, -0.1) is 11.8 Å². The first-order chi connectivity index (χ1) is 8.06. The van der Waals surface area contributed by atoms with Crippen LogP contribution in [0.4, 0.5) is 0 Å². The topological polar surface area (TPSA) is 57.2 Å². The monoisotopic (exact) mass is 259 g/mol. The highest BCUT2D eigenvalue weighted by Crippen LogP contribution is 2.04. The highest BCUT2D eigenvalue weighted by Gasteiger charge is 1.94. The number of hydrogen-bond donors (Lipinski definition) is 0. The van der Waals surface area contributed by atoms with Crippen LogP contribution in [0.15, 0.2) is 0 Å². The quantitative estimate of drug-likeness (QED) is 0.363. The Kier molecular flexibility index (Phi) is 10.3. The molecule has 0 saturated heterocycles. The maximum Gasteiger partial charge on any atom is 0.0945 e. The minimum absolute atomic E-state index is 0.226. The van der Waals surface area contributed by atoms with E-state index in [9.17, 15) is 13.0 Å². The summed E-state index contributed by atoms with van der Waals surface area (Å²) in [6.45, 7) is 2.18. The maximum absolute atomic E-state index is 10.3. The molecule has 0 amide bonds. The lowest BCUT2D eigenvalue weighted by atomic mass is 10.1. The smallest absolute Gasteiger partial charge is 0.0945 e. The molecule has 0 heterocycles. The zero-order valence-electron chi connectivity index (χ0n) is 10.7. The summed E-state index contributed by atoms with van der Waals surface area (Å²) >= 11 is 0. The molecule has 0 N–H and O–H groups in total. The summed E-state index contributed by atoms with van der Waals surface area (Å²) in [6, 6.07) is 0. The molecular weight excluding hydrogens is 236 g/mol. The van der Waals surface area contributed by atoms with E-state index in [1.165, 1.54) is 19.3 Å². The molecular formula is C13H23O3S-. The Bertz CT molecular complexity index is 322. The minimum Gasteiger partial charge on any atom is -0.748 e. The zero-order chi connectivity index (χ0) is 13.0. The van der Waals surface area contributed by atoms with Gasteiger partial charge >= 0.3 is 0 Å². The molecule has 100 valence electrons. The maximum atomic E-state index is 10.3. The van der Waals surface area contributed by atoms with Crippen molar-refractivity contribution in [1.82, 2.24) is 0 Å². The Hall–Kier alpha value is -0.530. The summed E-state index contributed by atoms with van der Waals surface area (Å²) in [5.74, 6) is 6.03. The highest BCUT2D eigenvalue weighted by atomic mass is 32.2. The molecule has 0 aromatic heterocycles. The molecule has 0 aliphatic heterocycles. The Labute approximate surface area is 106 Å². The van der Waals surface area contributed by atoms with Crippen molar-refractivity contribution in [2.24, 2.45) is 0 Å². The molecule has 0 fully saturated rings. The van der Waals surface area contributed by atoms with Crippen molar-refractivity contribution in [3.63, 3.8) is 0 Å². The molecule has 4 heteroatoms. The van der Waals surface area contributed by atoms with Gasteiger partial charge in [0.1, 0.15) is 0 Å². The summed E-state index contributed by atoms with van der Waals surface area (Å²) < 4.78 is 30.9. The van der Waals surface area contributed by atoms with Crippen molar-refractivity contribution in [3.8, 4) is 11.8 Å². The summed E-state index contributed by atoms with van der Waals surface area (Å²) in [5.41, 5.74) is 0. The normalized spacial score (nSPS) is 10.9. The van der Waals surface area contributed by atoms with Gasteiger partial charge in [0.15, 0.2) is 0 Å². The Balaban J connectivity index is 3.23. The Morgan fingerprint density at radius 2 is 1.41 bits per heavy atom. The summed E-state index contributed by atoms with van der Waals surface area (Å²) in [5, 5.41) is 0. The highest BCUT2D eigenvalue weighted by molar-refractivity contribution is 7.85. The molecule has 0 atom stereocenters. The predicted molar refractivity (Wildman–Crippen MR) is 69.6 cm³/mol. The van der Waals surface area contributed by atoms with Gasteiger partial charge in [-0.05, 0) is 19.3 Å². The van der Waals surface area contributed by atoms with E-state index in [1.54, 1.807) is 0 Å². The molecule has 17 heavy (non-hydrogen) atoms. The SMILES string of the molecule is CCCCCC#CCCCCCCS(=O)(=O)[O-]. The van der Waals surface area contributed by atoms with Gasteiger partial charge in [-0.3, -0.25) is 0 Å². The lowest BCUT2D eigenvalue weighted by molar-refractivity contribution is 0.459. The second kappa shape index (κ2) is 10.6. The molecule has 0 bridgehead atoms. The molecule has 0 aromatic carbocycles. The number of rotatable bonds is 9. The van der Waals surface area contributed by atoms with E-state index in [1.807, 2.05) is 0 Å². The molecule has 0 spiro atoms. The average Bonchev–Trinajstić information content (AvgIpc) is 2.24. The number of unbranched alkanes of at least 4 members (excludes halogenated alkanes) is 7. The second-order valence-corrected chi connectivity index (χ2v) is 5.76. The third-order valence-corrected chi connectivity index (χ3v) is 3.27. The van der Waals surface area contributed by atoms with Crippen LogP contribution >= 0.6 is 0 Å². The van der Waals surface area contributed by atoms with E-state index >= 15 is 0 Å². The van der Waals surface area contributed by atoms with Crippen LogP contribution in [0.25, 0.3) is 0 Å². The third kappa shape index (κ3) is 15.5. The van der Waals surface area contributed by atoms with Gasteiger partial charge in [0.25, 0.3) is 0 Å². The molecule has 0 aromatic rings. The van der Waals surface area contributed by atoms with Gasteiger partial charge in [-0.25, -0.2) is 8.42 Å². The Morgan fingerprint density at radius 1 is 0.882 bits per heavy atom. The lowest BCUT2D eigenvalue weighted by Gasteiger charge is -2.05. The van der Waals surface area contributed by atoms with Crippen molar-refractivity contribution in [3.05, 3.63) is 0 Å². The van der Waals surface area contributed by atoms with Gasteiger partial charge in [0, 0.05) is 18.6 Å². The average molecular weight is 259 g/mol. The fourth-order valence-electron chi connectivity index (χ4n) is 1.49. The Morgan fingerprint density at radius 3 is 1.94 bits per heavy atom. The molecule has 0 saturated carbocycles. The molecule has 0 unspecified atom stereocenters. The van der Waals surface area contributed by atoms with Crippen LogP contribution in [0, 0.1) is 11.8 Å². The van der Waals surface area contributed by atoms with Gasteiger partial charge in [0.05, 0.1) is 10.1 Å². The van der Waals surface area contributed by atoms with Crippen molar-refractivity contribution in [2.45, 2.75) is 64.7 Å². The second-order valence-electron chi connectivity index (χ2n) is 4.24. The summed E-state index contributed by atoms with van der Waals surface area (Å²) in [7, 11) is -4.01. The van der Waals surface area contributed by atoms with Gasteiger partial charge in [-0.2, -0.15) is 0 Å². The van der Waals surface area contributed by atoms with Crippen molar-refractivity contribution < 1.29 is 13.0 Å². The molecule has 0 aliphatic carbocycles. The first-order valence-electron chi connectivity index (χ1n) is 6.45. The standard InChI is InChI=1S/C13H24O3S/c1-2-3-4-5-6-7-8-9-10-11-12-13-17(14,15)16/h2-5,8-13H2,1H3,(H,14,15,16)/p-1. The van der Waals surface area contributed by atoms with Crippen LogP contribution in [0.5, 0.6) is 0 Å². The van der Waals surface area contributed by atoms with E-state index in [0.717, 1.165) is 32.1 Å². The first-order valence-corrected chi connectivity index (χ1v) is 8.03. The van der Waals surface area contributed by atoms with Gasteiger partial charge in [0.2, 0.25) is 0 Å². The van der Waals surface area contributed by atoms with Crippen LogP contribution in [0.2, 0.25) is 0 Å². The van der Waals surface area contributed by atoms with Crippen LogP contribution in [-0.2, 0) is 10.1 Å². The van der Waals surface area contributed by atoms with Crippen LogP contribution in [-0.4, -0.2) is 18.7 Å². The summed E-state index contributed by atoms with van der Waals surface area (Å²) in [4.78, 5) is 0. The fraction of sp³-hybridized carbons (Fsp3) is 0.846. The summed E-state index contributed by atoms with van der Waals surface area (Å²) in [6.07, 6.45) is 8.78. The molecule has 0 aliphatic rings. The van der Waals surface area contributed by atoms with Crippen molar-refractivity contribution in [1.29, 1.82) is 0 Å². The van der Waals surface area contributed by atoms with Crippen LogP contribution < -0.4 is 0 Å². The zero-order valence-corrected chi connectivity index (χ0v) is 11.5. The number of hydrogen-bond acceptors (Lipinski definition) is 3. The fourth-order valence-corrected chi connectivity index (χ4v) is 2.04. The van der Waals surface area contributed by atoms with E-state index in [0.29, 0.717) is 6.42 Å². The van der Waals surface area contributed by atoms with E-state index in [4.69, 9.17) is 0 Å². The van der Waals surface area contributed by atoms with Gasteiger partial charge in [-0.1, -0.05) is 32.6 Å². The largest absolute Gasteiger partial charge is 0.748 e.